The molecule has 0 bridgehead atoms. The van der Waals surface area contributed by atoms with Crippen molar-refractivity contribution in [3.8, 4) is 0 Å². The van der Waals surface area contributed by atoms with Gasteiger partial charge in [-0.05, 0) is 28.6 Å². The first kappa shape index (κ1) is 13.4. The lowest BCUT2D eigenvalue weighted by molar-refractivity contribution is 0.659. The van der Waals surface area contributed by atoms with Crippen LogP contribution in [0.15, 0.2) is 34.5 Å². The molecule has 0 saturated carbocycles. The highest BCUT2D eigenvalue weighted by atomic mass is 79.9. The second kappa shape index (κ2) is 6.75. The van der Waals surface area contributed by atoms with Crippen LogP contribution in [-0.2, 0) is 6.54 Å². The number of halogens is 1. The van der Waals surface area contributed by atoms with Gasteiger partial charge in [-0.1, -0.05) is 11.8 Å². The predicted octanol–water partition coefficient (Wildman–Crippen LogP) is 2.66. The van der Waals surface area contributed by atoms with E-state index < -0.39 is 0 Å². The van der Waals surface area contributed by atoms with Gasteiger partial charge >= 0.3 is 0 Å². The number of thioether (sulfide) groups is 1. The number of imidazole rings is 1. The van der Waals surface area contributed by atoms with E-state index in [9.17, 15) is 0 Å². The molecular weight excluding hydrogens is 314 g/mol. The molecule has 96 valence electrons. The quantitative estimate of drug-likeness (QED) is 0.502. The van der Waals surface area contributed by atoms with Crippen LogP contribution in [0.4, 0.5) is 5.82 Å². The Balaban J connectivity index is 1.82. The van der Waals surface area contributed by atoms with Gasteiger partial charge in [0.2, 0.25) is 0 Å². The van der Waals surface area contributed by atoms with Gasteiger partial charge in [-0.25, -0.2) is 15.0 Å². The summed E-state index contributed by atoms with van der Waals surface area (Å²) in [5.41, 5.74) is 0. The minimum atomic E-state index is 0.773. The van der Waals surface area contributed by atoms with Crippen molar-refractivity contribution in [3.05, 3.63) is 29.4 Å². The van der Waals surface area contributed by atoms with E-state index in [1.165, 1.54) is 11.8 Å². The van der Waals surface area contributed by atoms with Crippen LogP contribution in [0, 0.1) is 0 Å². The standard InChI is InChI=1S/C11H14BrN5S/c1-18-11-15-7-9(12)10(16-11)14-3-2-5-17-6-4-13-8-17/h4,6-8H,2-3,5H2,1H3,(H,14,15,16). The normalized spacial score (nSPS) is 10.6. The van der Waals surface area contributed by atoms with E-state index in [-0.39, 0.29) is 0 Å². The van der Waals surface area contributed by atoms with Crippen LogP contribution in [0.2, 0.25) is 0 Å². The fourth-order valence-corrected chi connectivity index (χ4v) is 2.13. The predicted molar refractivity (Wildman–Crippen MR) is 76.8 cm³/mol. The summed E-state index contributed by atoms with van der Waals surface area (Å²) in [6.07, 6.45) is 10.3. The van der Waals surface area contributed by atoms with Crippen molar-refractivity contribution in [3.63, 3.8) is 0 Å². The van der Waals surface area contributed by atoms with E-state index in [4.69, 9.17) is 0 Å². The minimum Gasteiger partial charge on any atom is -0.369 e. The summed E-state index contributed by atoms with van der Waals surface area (Å²) in [5.74, 6) is 0.847. The van der Waals surface area contributed by atoms with Crippen LogP contribution in [0.25, 0.3) is 0 Å². The van der Waals surface area contributed by atoms with E-state index in [0.717, 1.165) is 35.0 Å². The molecule has 2 rings (SSSR count). The van der Waals surface area contributed by atoms with Crippen molar-refractivity contribution in [2.24, 2.45) is 0 Å². The Bertz CT molecular complexity index is 488. The van der Waals surface area contributed by atoms with Crippen molar-refractivity contribution in [2.45, 2.75) is 18.1 Å². The summed E-state index contributed by atoms with van der Waals surface area (Å²) in [6.45, 7) is 1.81. The number of aryl methyl sites for hydroxylation is 1. The van der Waals surface area contributed by atoms with E-state index in [0.29, 0.717) is 0 Å². The van der Waals surface area contributed by atoms with Crippen LogP contribution >= 0.6 is 27.7 Å². The van der Waals surface area contributed by atoms with Gasteiger partial charge in [-0.15, -0.1) is 0 Å². The van der Waals surface area contributed by atoms with Gasteiger partial charge in [0, 0.05) is 31.7 Å². The zero-order chi connectivity index (χ0) is 12.8. The fraction of sp³-hybridized carbons (Fsp3) is 0.364. The first-order valence-corrected chi connectivity index (χ1v) is 7.57. The van der Waals surface area contributed by atoms with Crippen molar-refractivity contribution < 1.29 is 0 Å². The number of aromatic nitrogens is 4. The third kappa shape index (κ3) is 3.71. The van der Waals surface area contributed by atoms with Gasteiger partial charge in [0.25, 0.3) is 0 Å². The van der Waals surface area contributed by atoms with Crippen molar-refractivity contribution in [1.29, 1.82) is 0 Å². The van der Waals surface area contributed by atoms with E-state index >= 15 is 0 Å². The lowest BCUT2D eigenvalue weighted by atomic mass is 10.4. The molecule has 2 aromatic rings. The first-order valence-electron chi connectivity index (χ1n) is 5.55. The average molecular weight is 328 g/mol. The van der Waals surface area contributed by atoms with Gasteiger partial charge in [0.1, 0.15) is 5.82 Å². The lowest BCUT2D eigenvalue weighted by Crippen LogP contribution is -2.08. The number of hydrogen-bond donors (Lipinski definition) is 1. The summed E-state index contributed by atoms with van der Waals surface area (Å²) < 4.78 is 2.95. The Morgan fingerprint density at radius 2 is 2.39 bits per heavy atom. The average Bonchev–Trinajstić information content (AvgIpc) is 2.89. The third-order valence-corrected chi connectivity index (χ3v) is 3.49. The van der Waals surface area contributed by atoms with E-state index in [2.05, 4.69) is 40.8 Å². The maximum atomic E-state index is 4.40. The van der Waals surface area contributed by atoms with Crippen LogP contribution < -0.4 is 5.32 Å². The van der Waals surface area contributed by atoms with Crippen molar-refractivity contribution >= 4 is 33.5 Å². The summed E-state index contributed by atoms with van der Waals surface area (Å²) in [5, 5.41) is 4.08. The summed E-state index contributed by atoms with van der Waals surface area (Å²) in [7, 11) is 0. The second-order valence-electron chi connectivity index (χ2n) is 3.63. The molecule has 0 atom stereocenters. The molecule has 0 spiro atoms. The molecule has 0 amide bonds. The Kier molecular flexibility index (Phi) is 5.00. The fourth-order valence-electron chi connectivity index (χ4n) is 1.46. The van der Waals surface area contributed by atoms with Gasteiger partial charge < -0.3 is 9.88 Å². The third-order valence-electron chi connectivity index (χ3n) is 2.35. The molecule has 0 aromatic carbocycles. The number of rotatable bonds is 6. The van der Waals surface area contributed by atoms with Crippen molar-refractivity contribution in [2.75, 3.05) is 18.1 Å². The highest BCUT2D eigenvalue weighted by Crippen LogP contribution is 2.21. The summed E-state index contributed by atoms with van der Waals surface area (Å²) in [4.78, 5) is 12.6. The molecule has 1 N–H and O–H groups in total. The van der Waals surface area contributed by atoms with Crippen LogP contribution in [0.1, 0.15) is 6.42 Å². The molecule has 2 heterocycles. The molecule has 0 saturated heterocycles. The zero-order valence-corrected chi connectivity index (χ0v) is 12.4. The number of nitrogens with one attached hydrogen (secondary N) is 1. The van der Waals surface area contributed by atoms with Crippen LogP contribution in [0.3, 0.4) is 0 Å². The molecule has 0 aliphatic rings. The van der Waals surface area contributed by atoms with E-state index in [1.54, 1.807) is 12.4 Å². The summed E-state index contributed by atoms with van der Waals surface area (Å²) >= 11 is 4.97. The molecule has 18 heavy (non-hydrogen) atoms. The second-order valence-corrected chi connectivity index (χ2v) is 5.26. The molecule has 0 aliphatic carbocycles. The van der Waals surface area contributed by atoms with Gasteiger partial charge in [-0.3, -0.25) is 0 Å². The Hall–Kier alpha value is -1.08. The number of hydrogen-bond acceptors (Lipinski definition) is 5. The molecule has 0 unspecified atom stereocenters. The maximum absolute atomic E-state index is 4.40. The molecule has 0 aliphatic heterocycles. The Labute approximate surface area is 119 Å². The van der Waals surface area contributed by atoms with Crippen molar-refractivity contribution in [1.82, 2.24) is 19.5 Å². The molecule has 0 fully saturated rings. The largest absolute Gasteiger partial charge is 0.369 e. The van der Waals surface area contributed by atoms with Gasteiger partial charge in [-0.2, -0.15) is 0 Å². The molecule has 0 radical (unpaired) electrons. The molecular formula is C11H14BrN5S. The number of anilines is 1. The van der Waals surface area contributed by atoms with Crippen LogP contribution in [0.5, 0.6) is 0 Å². The zero-order valence-electron chi connectivity index (χ0n) is 10.0. The van der Waals surface area contributed by atoms with E-state index in [1.807, 2.05) is 18.8 Å². The summed E-state index contributed by atoms with van der Waals surface area (Å²) in [6, 6.07) is 0. The van der Waals surface area contributed by atoms with Gasteiger partial charge in [0.15, 0.2) is 5.16 Å². The maximum Gasteiger partial charge on any atom is 0.189 e. The molecule has 2 aromatic heterocycles. The topological polar surface area (TPSA) is 55.6 Å². The smallest absolute Gasteiger partial charge is 0.189 e. The highest BCUT2D eigenvalue weighted by Gasteiger charge is 2.03. The molecule has 7 heteroatoms. The highest BCUT2D eigenvalue weighted by molar-refractivity contribution is 9.10. The SMILES string of the molecule is CSc1ncc(Br)c(NCCCn2ccnc2)n1. The van der Waals surface area contributed by atoms with Gasteiger partial charge in [0.05, 0.1) is 10.8 Å². The Morgan fingerprint density at radius 3 is 3.11 bits per heavy atom. The molecule has 5 nitrogen and oxygen atoms in total. The number of nitrogens with zero attached hydrogens (tertiary/aromatic N) is 4. The Morgan fingerprint density at radius 1 is 1.50 bits per heavy atom. The minimum absolute atomic E-state index is 0.773. The monoisotopic (exact) mass is 327 g/mol. The van der Waals surface area contributed by atoms with Crippen LogP contribution in [-0.4, -0.2) is 32.3 Å². The first-order chi connectivity index (χ1) is 8.79. The lowest BCUT2D eigenvalue weighted by Gasteiger charge is -2.08.